The van der Waals surface area contributed by atoms with Crippen LogP contribution < -0.4 is 16.2 Å². The van der Waals surface area contributed by atoms with Gasteiger partial charge in [0.05, 0.1) is 10.6 Å². The Labute approximate surface area is 111 Å². The van der Waals surface area contributed by atoms with E-state index in [1.807, 2.05) is 0 Å². The van der Waals surface area contributed by atoms with Crippen LogP contribution in [0.15, 0.2) is 18.5 Å². The fraction of sp³-hybridized carbons (Fsp3) is 0.500. The Morgan fingerprint density at radius 1 is 1.39 bits per heavy atom. The monoisotopic (exact) mass is 268 g/mol. The molecular formula is C12H17ClN4O. The number of carbonyl (C=O) groups excluding carboxylic acids is 1. The fourth-order valence-electron chi connectivity index (χ4n) is 2.11. The molecule has 0 saturated carbocycles. The summed E-state index contributed by atoms with van der Waals surface area (Å²) in [5.41, 5.74) is 6.80. The van der Waals surface area contributed by atoms with Crippen LogP contribution in [0.25, 0.3) is 0 Å². The summed E-state index contributed by atoms with van der Waals surface area (Å²) >= 11 is 5.80. The van der Waals surface area contributed by atoms with Gasteiger partial charge >= 0.3 is 0 Å². The van der Waals surface area contributed by atoms with Crippen molar-refractivity contribution in [2.24, 2.45) is 5.92 Å². The van der Waals surface area contributed by atoms with Gasteiger partial charge in [-0.1, -0.05) is 11.6 Å². The Morgan fingerprint density at radius 3 is 2.67 bits per heavy atom. The third-order valence-corrected chi connectivity index (χ3v) is 3.50. The zero-order chi connectivity index (χ0) is 13.1. The van der Waals surface area contributed by atoms with Gasteiger partial charge in [0, 0.05) is 36.9 Å². The fourth-order valence-corrected chi connectivity index (χ4v) is 2.29. The van der Waals surface area contributed by atoms with Crippen molar-refractivity contribution < 1.29 is 4.79 Å². The first kappa shape index (κ1) is 13.3. The summed E-state index contributed by atoms with van der Waals surface area (Å²) in [4.78, 5) is 15.8. The number of hydrogen-bond acceptors (Lipinski definition) is 4. The Morgan fingerprint density at radius 2 is 2.06 bits per heavy atom. The summed E-state index contributed by atoms with van der Waals surface area (Å²) in [5.74, 6) is 0.220. The van der Waals surface area contributed by atoms with Crippen molar-refractivity contribution in [3.05, 3.63) is 29.0 Å². The summed E-state index contributed by atoms with van der Waals surface area (Å²) in [6.07, 6.45) is 3.02. The van der Waals surface area contributed by atoms with Gasteiger partial charge in [-0.15, -0.1) is 0 Å². The average molecular weight is 269 g/mol. The number of rotatable bonds is 3. The minimum absolute atomic E-state index is 0.142. The molecular weight excluding hydrogens is 252 g/mol. The van der Waals surface area contributed by atoms with E-state index < -0.39 is 0 Å². The smallest absolute Gasteiger partial charge is 0.252 e. The van der Waals surface area contributed by atoms with Crippen molar-refractivity contribution in [2.75, 3.05) is 6.54 Å². The lowest BCUT2D eigenvalue weighted by Crippen LogP contribution is -2.37. The standard InChI is InChI=1S/C12H17ClN4O/c1-7-11(8(2)17-16-7)6-15-12(18)9-3-10(13)5-14-4-9/h3-5,7-8,11,16-17H,6H2,1-2H3,(H,15,18). The third kappa shape index (κ3) is 2.98. The van der Waals surface area contributed by atoms with Gasteiger partial charge < -0.3 is 5.32 Å². The Balaban J connectivity index is 1.92. The van der Waals surface area contributed by atoms with Crippen molar-refractivity contribution in [1.82, 2.24) is 21.2 Å². The van der Waals surface area contributed by atoms with Gasteiger partial charge in [0.25, 0.3) is 5.91 Å². The van der Waals surface area contributed by atoms with Gasteiger partial charge in [-0.2, -0.15) is 0 Å². The number of aromatic nitrogens is 1. The SMILES string of the molecule is CC1NNC(C)C1CNC(=O)c1cncc(Cl)c1. The molecule has 0 radical (unpaired) electrons. The van der Waals surface area contributed by atoms with E-state index in [0.717, 1.165) is 0 Å². The second kappa shape index (κ2) is 5.65. The zero-order valence-corrected chi connectivity index (χ0v) is 11.2. The molecule has 2 unspecified atom stereocenters. The molecule has 5 nitrogen and oxygen atoms in total. The highest BCUT2D eigenvalue weighted by Gasteiger charge is 2.29. The van der Waals surface area contributed by atoms with Gasteiger partial charge in [-0.3, -0.25) is 20.6 Å². The minimum Gasteiger partial charge on any atom is -0.352 e. The number of hydrogen-bond donors (Lipinski definition) is 3. The van der Waals surface area contributed by atoms with Gasteiger partial charge in [0.15, 0.2) is 0 Å². The van der Waals surface area contributed by atoms with E-state index in [-0.39, 0.29) is 5.91 Å². The van der Waals surface area contributed by atoms with Crippen LogP contribution in [0.3, 0.4) is 0 Å². The van der Waals surface area contributed by atoms with Crippen LogP contribution >= 0.6 is 11.6 Å². The van der Waals surface area contributed by atoms with Crippen molar-refractivity contribution in [3.63, 3.8) is 0 Å². The van der Waals surface area contributed by atoms with Gasteiger partial charge in [0.2, 0.25) is 0 Å². The molecule has 1 aromatic rings. The molecule has 0 aromatic carbocycles. The largest absolute Gasteiger partial charge is 0.352 e. The van der Waals surface area contributed by atoms with Crippen LogP contribution in [-0.2, 0) is 0 Å². The Kier molecular flexibility index (Phi) is 4.16. The molecule has 0 aliphatic carbocycles. The lowest BCUT2D eigenvalue weighted by molar-refractivity contribution is 0.0945. The van der Waals surface area contributed by atoms with E-state index in [1.54, 1.807) is 6.07 Å². The normalized spacial score (nSPS) is 27.2. The third-order valence-electron chi connectivity index (χ3n) is 3.29. The van der Waals surface area contributed by atoms with Crippen LogP contribution in [0.4, 0.5) is 0 Å². The first-order valence-electron chi connectivity index (χ1n) is 5.97. The van der Waals surface area contributed by atoms with E-state index in [0.29, 0.717) is 35.1 Å². The van der Waals surface area contributed by atoms with E-state index in [4.69, 9.17) is 11.6 Å². The molecule has 0 spiro atoms. The molecule has 1 amide bonds. The molecule has 3 N–H and O–H groups in total. The van der Waals surface area contributed by atoms with Gasteiger partial charge in [-0.05, 0) is 19.9 Å². The van der Waals surface area contributed by atoms with Gasteiger partial charge in [-0.25, -0.2) is 0 Å². The first-order valence-corrected chi connectivity index (χ1v) is 6.35. The molecule has 1 aromatic heterocycles. The summed E-state index contributed by atoms with van der Waals surface area (Å²) < 4.78 is 0. The van der Waals surface area contributed by atoms with E-state index in [9.17, 15) is 4.79 Å². The quantitative estimate of drug-likeness (QED) is 0.764. The molecule has 1 saturated heterocycles. The highest BCUT2D eigenvalue weighted by molar-refractivity contribution is 6.30. The van der Waals surface area contributed by atoms with Crippen LogP contribution in [0.5, 0.6) is 0 Å². The van der Waals surface area contributed by atoms with Crippen LogP contribution in [-0.4, -0.2) is 29.5 Å². The first-order chi connectivity index (χ1) is 8.58. The van der Waals surface area contributed by atoms with Crippen molar-refractivity contribution in [3.8, 4) is 0 Å². The summed E-state index contributed by atoms with van der Waals surface area (Å²) in [6.45, 7) is 4.80. The maximum absolute atomic E-state index is 11.9. The number of nitrogens with one attached hydrogen (secondary N) is 3. The number of carbonyl (C=O) groups is 1. The average Bonchev–Trinajstić information content (AvgIpc) is 2.66. The number of amides is 1. The van der Waals surface area contributed by atoms with Crippen LogP contribution in [0.2, 0.25) is 5.02 Å². The molecule has 1 aliphatic rings. The van der Waals surface area contributed by atoms with E-state index >= 15 is 0 Å². The molecule has 1 fully saturated rings. The predicted octanol–water partition coefficient (Wildman–Crippen LogP) is 0.966. The Hall–Kier alpha value is -1.17. The molecule has 18 heavy (non-hydrogen) atoms. The molecule has 2 heterocycles. The maximum Gasteiger partial charge on any atom is 0.252 e. The zero-order valence-electron chi connectivity index (χ0n) is 10.4. The number of pyridine rings is 1. The number of nitrogens with zero attached hydrogens (tertiary/aromatic N) is 1. The van der Waals surface area contributed by atoms with Gasteiger partial charge in [0.1, 0.15) is 0 Å². The molecule has 1 aliphatic heterocycles. The van der Waals surface area contributed by atoms with Crippen molar-refractivity contribution >= 4 is 17.5 Å². The summed E-state index contributed by atoms with van der Waals surface area (Å²) in [6, 6.07) is 2.28. The molecule has 6 heteroatoms. The lowest BCUT2D eigenvalue weighted by Gasteiger charge is -2.18. The highest BCUT2D eigenvalue weighted by atomic mass is 35.5. The Bertz CT molecular complexity index is 430. The number of hydrazine groups is 1. The molecule has 0 bridgehead atoms. The number of halogens is 1. The topological polar surface area (TPSA) is 66.0 Å². The predicted molar refractivity (Wildman–Crippen MR) is 70.3 cm³/mol. The molecule has 2 rings (SSSR count). The van der Waals surface area contributed by atoms with Crippen LogP contribution in [0.1, 0.15) is 24.2 Å². The summed E-state index contributed by atoms with van der Waals surface area (Å²) in [7, 11) is 0. The molecule has 98 valence electrons. The van der Waals surface area contributed by atoms with E-state index in [2.05, 4.69) is 35.0 Å². The maximum atomic E-state index is 11.9. The second-order valence-corrected chi connectivity index (χ2v) is 5.07. The minimum atomic E-state index is -0.142. The lowest BCUT2D eigenvalue weighted by atomic mass is 9.97. The molecule has 2 atom stereocenters. The van der Waals surface area contributed by atoms with Crippen LogP contribution in [0, 0.1) is 5.92 Å². The van der Waals surface area contributed by atoms with E-state index in [1.165, 1.54) is 12.4 Å². The van der Waals surface area contributed by atoms with Crippen molar-refractivity contribution in [1.29, 1.82) is 0 Å². The van der Waals surface area contributed by atoms with Crippen molar-refractivity contribution in [2.45, 2.75) is 25.9 Å². The second-order valence-electron chi connectivity index (χ2n) is 4.63. The summed E-state index contributed by atoms with van der Waals surface area (Å²) in [5, 5.41) is 3.38. The highest BCUT2D eigenvalue weighted by Crippen LogP contribution is 2.13.